The van der Waals surface area contributed by atoms with E-state index in [2.05, 4.69) is 26.5 Å². The molecule has 4 aromatic rings. The van der Waals surface area contributed by atoms with E-state index in [9.17, 15) is 8.42 Å². The molecule has 1 N–H and O–H groups in total. The fraction of sp³-hybridized carbons (Fsp3) is 0.0435. The second-order valence-corrected chi connectivity index (χ2v) is 7.96. The summed E-state index contributed by atoms with van der Waals surface area (Å²) in [6.45, 7) is 0. The molecule has 0 radical (unpaired) electrons. The maximum atomic E-state index is 13.2. The molecule has 2 aromatic carbocycles. The van der Waals surface area contributed by atoms with E-state index in [0.717, 1.165) is 5.56 Å². The molecule has 0 aliphatic rings. The summed E-state index contributed by atoms with van der Waals surface area (Å²) in [6, 6.07) is 17.2. The van der Waals surface area contributed by atoms with Crippen molar-refractivity contribution in [1.29, 1.82) is 0 Å². The molecular formula is C23H17N3O3S. The molecule has 0 aliphatic carbocycles. The largest absolute Gasteiger partial charge is 0.496 e. The Kier molecular flexibility index (Phi) is 5.33. The van der Waals surface area contributed by atoms with Crippen molar-refractivity contribution in [3.63, 3.8) is 0 Å². The molecule has 0 saturated carbocycles. The summed E-state index contributed by atoms with van der Waals surface area (Å²) in [6.07, 6.45) is 4.86. The SMILES string of the molecule is COc1ccc(S(=O)(=O)Nc2ccccc2C#Cc2cccnc2)c2ncccc12. The molecule has 0 unspecified atom stereocenters. The summed E-state index contributed by atoms with van der Waals surface area (Å²) < 4.78 is 34.4. The molecule has 0 bridgehead atoms. The molecule has 4 rings (SSSR count). The normalized spacial score (nSPS) is 10.8. The smallest absolute Gasteiger partial charge is 0.264 e. The fourth-order valence-electron chi connectivity index (χ4n) is 2.97. The zero-order valence-corrected chi connectivity index (χ0v) is 16.8. The Morgan fingerprint density at radius 2 is 1.77 bits per heavy atom. The minimum atomic E-state index is -3.92. The Morgan fingerprint density at radius 3 is 2.57 bits per heavy atom. The first-order valence-electron chi connectivity index (χ1n) is 9.04. The predicted octanol–water partition coefficient (Wildman–Crippen LogP) is 3.84. The number of methoxy groups -OCH3 is 1. The van der Waals surface area contributed by atoms with Gasteiger partial charge >= 0.3 is 0 Å². The van der Waals surface area contributed by atoms with Crippen LogP contribution in [0.15, 0.2) is 84.1 Å². The quantitative estimate of drug-likeness (QED) is 0.512. The van der Waals surface area contributed by atoms with Gasteiger partial charge in [0.1, 0.15) is 10.6 Å². The van der Waals surface area contributed by atoms with Crippen molar-refractivity contribution in [1.82, 2.24) is 9.97 Å². The number of nitrogens with one attached hydrogen (secondary N) is 1. The van der Waals surface area contributed by atoms with E-state index in [0.29, 0.717) is 27.9 Å². The van der Waals surface area contributed by atoms with Crippen LogP contribution in [0.4, 0.5) is 5.69 Å². The molecule has 30 heavy (non-hydrogen) atoms. The van der Waals surface area contributed by atoms with Gasteiger partial charge in [-0.15, -0.1) is 0 Å². The summed E-state index contributed by atoms with van der Waals surface area (Å²) in [5.41, 5.74) is 2.01. The molecule has 7 heteroatoms. The van der Waals surface area contributed by atoms with Crippen molar-refractivity contribution in [3.8, 4) is 17.6 Å². The molecule has 0 atom stereocenters. The number of pyridine rings is 2. The summed E-state index contributed by atoms with van der Waals surface area (Å²) in [5, 5.41) is 0.618. The van der Waals surface area contributed by atoms with E-state index in [4.69, 9.17) is 4.74 Å². The highest BCUT2D eigenvalue weighted by Crippen LogP contribution is 2.30. The van der Waals surface area contributed by atoms with Crippen LogP contribution in [0.3, 0.4) is 0 Å². The number of sulfonamides is 1. The lowest BCUT2D eigenvalue weighted by molar-refractivity contribution is 0.419. The van der Waals surface area contributed by atoms with Crippen molar-refractivity contribution < 1.29 is 13.2 Å². The summed E-state index contributed by atoms with van der Waals surface area (Å²) in [5.74, 6) is 6.56. The third-order valence-corrected chi connectivity index (χ3v) is 5.77. The van der Waals surface area contributed by atoms with Gasteiger partial charge in [-0.05, 0) is 48.5 Å². The van der Waals surface area contributed by atoms with Gasteiger partial charge in [0.2, 0.25) is 0 Å². The highest BCUT2D eigenvalue weighted by Gasteiger charge is 2.21. The van der Waals surface area contributed by atoms with Crippen molar-refractivity contribution in [2.45, 2.75) is 4.90 Å². The van der Waals surface area contributed by atoms with Crippen LogP contribution in [0, 0.1) is 11.8 Å². The lowest BCUT2D eigenvalue weighted by Gasteiger charge is -2.13. The van der Waals surface area contributed by atoms with Crippen LogP contribution in [0.2, 0.25) is 0 Å². The summed E-state index contributed by atoms with van der Waals surface area (Å²) >= 11 is 0. The monoisotopic (exact) mass is 415 g/mol. The van der Waals surface area contributed by atoms with Gasteiger partial charge in [0.25, 0.3) is 10.0 Å². The highest BCUT2D eigenvalue weighted by atomic mass is 32.2. The maximum absolute atomic E-state index is 13.2. The van der Waals surface area contributed by atoms with Crippen molar-refractivity contribution in [3.05, 3.63) is 90.4 Å². The molecule has 2 aromatic heterocycles. The van der Waals surface area contributed by atoms with Gasteiger partial charge in [0, 0.05) is 35.1 Å². The van der Waals surface area contributed by atoms with Gasteiger partial charge in [0.15, 0.2) is 0 Å². The lowest BCUT2D eigenvalue weighted by atomic mass is 10.2. The second kappa shape index (κ2) is 8.23. The molecule has 0 aliphatic heterocycles. The maximum Gasteiger partial charge on any atom is 0.264 e. The van der Waals surface area contributed by atoms with Gasteiger partial charge < -0.3 is 4.74 Å². The first-order valence-corrected chi connectivity index (χ1v) is 10.5. The van der Waals surface area contributed by atoms with Crippen LogP contribution < -0.4 is 9.46 Å². The average Bonchev–Trinajstić information content (AvgIpc) is 2.78. The Labute approximate surface area is 174 Å². The van der Waals surface area contributed by atoms with Crippen LogP contribution in [0.1, 0.15) is 11.1 Å². The van der Waals surface area contributed by atoms with Crippen LogP contribution >= 0.6 is 0 Å². The Hall–Kier alpha value is -3.89. The van der Waals surface area contributed by atoms with E-state index in [-0.39, 0.29) is 4.90 Å². The third-order valence-electron chi connectivity index (χ3n) is 4.38. The van der Waals surface area contributed by atoms with Gasteiger partial charge in [-0.2, -0.15) is 0 Å². The number of fused-ring (bicyclic) bond motifs is 1. The molecule has 148 valence electrons. The number of hydrogen-bond donors (Lipinski definition) is 1. The van der Waals surface area contributed by atoms with E-state index in [1.165, 1.54) is 13.2 Å². The Balaban J connectivity index is 1.74. The number of anilines is 1. The van der Waals surface area contributed by atoms with Crippen molar-refractivity contribution >= 4 is 26.6 Å². The van der Waals surface area contributed by atoms with E-state index < -0.39 is 10.0 Å². The van der Waals surface area contributed by atoms with Gasteiger partial charge in [0.05, 0.1) is 18.3 Å². The second-order valence-electron chi connectivity index (χ2n) is 6.31. The lowest BCUT2D eigenvalue weighted by Crippen LogP contribution is -2.14. The Bertz CT molecular complexity index is 1380. The number of nitrogens with zero attached hydrogens (tertiary/aromatic N) is 2. The van der Waals surface area contributed by atoms with Crippen LogP contribution in [0.5, 0.6) is 5.75 Å². The summed E-state index contributed by atoms with van der Waals surface area (Å²) in [4.78, 5) is 8.36. The standard InChI is InChI=1S/C23H17N3O3S/c1-29-21-12-13-22(23-19(21)8-5-15-25-23)30(27,28)26-20-9-3-2-7-18(20)11-10-17-6-4-14-24-16-17/h2-9,12-16,26H,1H3. The van der Waals surface area contributed by atoms with E-state index in [1.54, 1.807) is 67.1 Å². The first-order chi connectivity index (χ1) is 14.6. The number of para-hydroxylation sites is 1. The molecule has 2 heterocycles. The van der Waals surface area contributed by atoms with Crippen LogP contribution in [-0.4, -0.2) is 25.5 Å². The molecular weight excluding hydrogens is 398 g/mol. The van der Waals surface area contributed by atoms with Gasteiger partial charge in [-0.25, -0.2) is 8.42 Å². The van der Waals surface area contributed by atoms with Crippen LogP contribution in [0.25, 0.3) is 10.9 Å². The zero-order valence-electron chi connectivity index (χ0n) is 16.0. The number of ether oxygens (including phenoxy) is 1. The first kappa shape index (κ1) is 19.4. The summed E-state index contributed by atoms with van der Waals surface area (Å²) in [7, 11) is -2.39. The predicted molar refractivity (Wildman–Crippen MR) is 116 cm³/mol. The van der Waals surface area contributed by atoms with Crippen molar-refractivity contribution in [2.75, 3.05) is 11.8 Å². The number of aromatic nitrogens is 2. The number of benzene rings is 2. The van der Waals surface area contributed by atoms with Gasteiger partial charge in [-0.1, -0.05) is 24.0 Å². The zero-order chi connectivity index (χ0) is 21.0. The minimum Gasteiger partial charge on any atom is -0.496 e. The number of hydrogen-bond acceptors (Lipinski definition) is 5. The van der Waals surface area contributed by atoms with E-state index in [1.807, 2.05) is 6.07 Å². The average molecular weight is 415 g/mol. The molecule has 6 nitrogen and oxygen atoms in total. The third kappa shape index (κ3) is 3.95. The Morgan fingerprint density at radius 1 is 0.933 bits per heavy atom. The minimum absolute atomic E-state index is 0.0638. The molecule has 0 fully saturated rings. The van der Waals surface area contributed by atoms with Crippen molar-refractivity contribution in [2.24, 2.45) is 0 Å². The molecule has 0 saturated heterocycles. The fourth-order valence-corrected chi connectivity index (χ4v) is 4.21. The number of rotatable bonds is 4. The van der Waals surface area contributed by atoms with E-state index >= 15 is 0 Å². The van der Waals surface area contributed by atoms with Crippen LogP contribution in [-0.2, 0) is 10.0 Å². The topological polar surface area (TPSA) is 81.2 Å². The van der Waals surface area contributed by atoms with Gasteiger partial charge in [-0.3, -0.25) is 14.7 Å². The molecule has 0 spiro atoms. The highest BCUT2D eigenvalue weighted by molar-refractivity contribution is 7.93. The molecule has 0 amide bonds.